The fourth-order valence-corrected chi connectivity index (χ4v) is 3.99. The van der Waals surface area contributed by atoms with E-state index in [0.29, 0.717) is 61.6 Å². The van der Waals surface area contributed by atoms with Crippen LogP contribution in [-0.2, 0) is 17.9 Å². The molecule has 1 fully saturated rings. The van der Waals surface area contributed by atoms with E-state index in [4.69, 9.17) is 21.1 Å². The molecule has 2 aliphatic heterocycles. The zero-order chi connectivity index (χ0) is 21.9. The minimum Gasteiger partial charge on any atom is -0.492 e. The first kappa shape index (κ1) is 20.7. The summed E-state index contributed by atoms with van der Waals surface area (Å²) in [6, 6.07) is 6.52. The highest BCUT2D eigenvalue weighted by molar-refractivity contribution is 6.32. The van der Waals surface area contributed by atoms with E-state index in [1.807, 2.05) is 11.1 Å². The second-order valence-electron chi connectivity index (χ2n) is 7.70. The number of fused-ring (bicyclic) bond motifs is 5. The summed E-state index contributed by atoms with van der Waals surface area (Å²) >= 11 is 6.26. The average molecular weight is 456 g/mol. The van der Waals surface area contributed by atoms with Crippen molar-refractivity contribution in [3.8, 4) is 5.75 Å². The topological polar surface area (TPSA) is 107 Å². The number of nitrogens with one attached hydrogen (secondary N) is 1. The summed E-state index contributed by atoms with van der Waals surface area (Å²) in [5, 5.41) is 11.9. The molecule has 0 radical (unpaired) electrons. The van der Waals surface area contributed by atoms with E-state index in [2.05, 4.69) is 25.6 Å². The largest absolute Gasteiger partial charge is 0.492 e. The lowest BCUT2D eigenvalue weighted by Gasteiger charge is -2.20. The Kier molecular flexibility index (Phi) is 5.87. The summed E-state index contributed by atoms with van der Waals surface area (Å²) in [6.45, 7) is 2.44. The van der Waals surface area contributed by atoms with Gasteiger partial charge in [-0.25, -0.2) is 9.97 Å². The lowest BCUT2D eigenvalue weighted by molar-refractivity contribution is 0.0347. The summed E-state index contributed by atoms with van der Waals surface area (Å²) in [6.07, 6.45) is 5.69. The van der Waals surface area contributed by atoms with E-state index in [9.17, 15) is 4.79 Å². The van der Waals surface area contributed by atoms with Gasteiger partial charge in [0.25, 0.3) is 5.91 Å². The van der Waals surface area contributed by atoms with E-state index in [-0.39, 0.29) is 18.1 Å². The van der Waals surface area contributed by atoms with E-state index < -0.39 is 0 Å². The zero-order valence-corrected chi connectivity index (χ0v) is 18.0. The van der Waals surface area contributed by atoms with E-state index >= 15 is 0 Å². The third kappa shape index (κ3) is 4.51. The van der Waals surface area contributed by atoms with Crippen molar-refractivity contribution in [2.24, 2.45) is 0 Å². The molecule has 5 rings (SSSR count). The summed E-state index contributed by atoms with van der Waals surface area (Å²) in [4.78, 5) is 23.7. The summed E-state index contributed by atoms with van der Waals surface area (Å²) in [5.74, 6) is 0.847. The Morgan fingerprint density at radius 3 is 2.94 bits per heavy atom. The second kappa shape index (κ2) is 9.09. The molecule has 1 saturated heterocycles. The molecule has 4 heterocycles. The number of nitrogens with zero attached hydrogens (tertiary/aromatic N) is 6. The molecule has 11 heteroatoms. The number of hydrogen-bond acceptors (Lipinski definition) is 8. The predicted molar refractivity (Wildman–Crippen MR) is 116 cm³/mol. The minimum atomic E-state index is -0.274. The van der Waals surface area contributed by atoms with E-state index in [1.54, 1.807) is 41.3 Å². The number of aromatic nitrogens is 5. The number of carbonyl (C=O) groups excluding carboxylic acids is 1. The first-order valence-corrected chi connectivity index (χ1v) is 10.8. The monoisotopic (exact) mass is 455 g/mol. The number of aryl methyl sites for hydroxylation is 1. The highest BCUT2D eigenvalue weighted by Gasteiger charge is 2.36. The molecule has 10 nitrogen and oxygen atoms in total. The molecule has 32 heavy (non-hydrogen) atoms. The normalized spacial score (nSPS) is 21.5. The summed E-state index contributed by atoms with van der Waals surface area (Å²) in [7, 11) is 0. The van der Waals surface area contributed by atoms with Crippen molar-refractivity contribution in [2.45, 2.75) is 31.7 Å². The number of carbonyl (C=O) groups is 1. The standard InChI is InChI=1S/C21H22ClN7O3/c22-16-4-3-14-9-18(16)31-8-2-7-29-10-15(26-27-29)13-32-19-12-28(11-17(19)25-20(14)30)21-23-5-1-6-24-21/h1,3-6,9-10,17,19H,2,7-8,11-13H2,(H,25,30)/t17-,19-/m0/s1. The van der Waals surface area contributed by atoms with Crippen LogP contribution in [0.4, 0.5) is 5.95 Å². The Labute approximate surface area is 189 Å². The lowest BCUT2D eigenvalue weighted by Crippen LogP contribution is -2.44. The van der Waals surface area contributed by atoms with Gasteiger partial charge < -0.3 is 19.7 Å². The number of ether oxygens (including phenoxy) is 2. The first-order valence-electron chi connectivity index (χ1n) is 10.4. The van der Waals surface area contributed by atoms with Crippen molar-refractivity contribution in [3.63, 3.8) is 0 Å². The van der Waals surface area contributed by atoms with Crippen LogP contribution in [0.3, 0.4) is 0 Å². The van der Waals surface area contributed by atoms with Crippen LogP contribution in [0.2, 0.25) is 5.02 Å². The van der Waals surface area contributed by atoms with Crippen LogP contribution in [0.5, 0.6) is 5.75 Å². The number of benzene rings is 1. The summed E-state index contributed by atoms with van der Waals surface area (Å²) in [5.41, 5.74) is 1.20. The molecule has 4 bridgehead atoms. The average Bonchev–Trinajstić information content (AvgIpc) is 3.43. The molecule has 1 N–H and O–H groups in total. The maximum absolute atomic E-state index is 13.0. The van der Waals surface area contributed by atoms with Crippen LogP contribution in [0, 0.1) is 0 Å². The Bertz CT molecular complexity index is 1090. The molecule has 2 aromatic heterocycles. The molecular formula is C21H22ClN7O3. The molecule has 0 saturated carbocycles. The maximum Gasteiger partial charge on any atom is 0.251 e. The van der Waals surface area contributed by atoms with Gasteiger partial charge in [0.2, 0.25) is 5.95 Å². The van der Waals surface area contributed by atoms with Crippen molar-refractivity contribution < 1.29 is 14.3 Å². The third-order valence-corrected chi connectivity index (χ3v) is 5.74. The van der Waals surface area contributed by atoms with Gasteiger partial charge in [-0.3, -0.25) is 9.48 Å². The summed E-state index contributed by atoms with van der Waals surface area (Å²) < 4.78 is 13.7. The first-order chi connectivity index (χ1) is 15.7. The number of amides is 1. The van der Waals surface area contributed by atoms with Crippen molar-refractivity contribution in [3.05, 3.63) is 59.1 Å². The van der Waals surface area contributed by atoms with Gasteiger partial charge in [-0.1, -0.05) is 16.8 Å². The zero-order valence-electron chi connectivity index (χ0n) is 17.2. The van der Waals surface area contributed by atoms with Gasteiger partial charge in [0.1, 0.15) is 11.4 Å². The molecule has 0 spiro atoms. The SMILES string of the molecule is O=C1N[C@H]2CN(c3ncccn3)C[C@@H]2OCc2cn(nn2)CCCOc2cc1ccc2Cl. The van der Waals surface area contributed by atoms with Crippen molar-refractivity contribution in [1.82, 2.24) is 30.3 Å². The maximum atomic E-state index is 13.0. The van der Waals surface area contributed by atoms with Crippen molar-refractivity contribution >= 4 is 23.5 Å². The van der Waals surface area contributed by atoms with Gasteiger partial charge in [-0.2, -0.15) is 0 Å². The van der Waals surface area contributed by atoms with E-state index in [0.717, 1.165) is 5.69 Å². The fourth-order valence-electron chi connectivity index (χ4n) is 3.82. The second-order valence-corrected chi connectivity index (χ2v) is 8.11. The number of anilines is 1. The number of halogens is 1. The molecule has 3 aromatic rings. The number of hydrogen-bond donors (Lipinski definition) is 1. The van der Waals surface area contributed by atoms with Crippen LogP contribution in [0.15, 0.2) is 42.9 Å². The highest BCUT2D eigenvalue weighted by atomic mass is 35.5. The van der Waals surface area contributed by atoms with Gasteiger partial charge in [-0.05, 0) is 24.3 Å². The van der Waals surface area contributed by atoms with Gasteiger partial charge in [0.05, 0.1) is 36.6 Å². The smallest absolute Gasteiger partial charge is 0.251 e. The van der Waals surface area contributed by atoms with Gasteiger partial charge in [-0.15, -0.1) is 5.10 Å². The molecular weight excluding hydrogens is 434 g/mol. The molecule has 166 valence electrons. The van der Waals surface area contributed by atoms with Crippen LogP contribution >= 0.6 is 11.6 Å². The van der Waals surface area contributed by atoms with Crippen LogP contribution < -0.4 is 15.0 Å². The lowest BCUT2D eigenvalue weighted by atomic mass is 10.1. The van der Waals surface area contributed by atoms with Crippen LogP contribution in [0.1, 0.15) is 22.5 Å². The Balaban J connectivity index is 1.42. The molecule has 2 aliphatic rings. The third-order valence-electron chi connectivity index (χ3n) is 5.43. The Hall–Kier alpha value is -3.24. The highest BCUT2D eigenvalue weighted by Crippen LogP contribution is 2.26. The Morgan fingerprint density at radius 1 is 1.19 bits per heavy atom. The molecule has 2 atom stereocenters. The Morgan fingerprint density at radius 2 is 2.06 bits per heavy atom. The molecule has 0 unspecified atom stereocenters. The van der Waals surface area contributed by atoms with Crippen LogP contribution in [-0.4, -0.2) is 62.7 Å². The van der Waals surface area contributed by atoms with E-state index in [1.165, 1.54) is 0 Å². The predicted octanol–water partition coefficient (Wildman–Crippen LogP) is 1.71. The van der Waals surface area contributed by atoms with Gasteiger partial charge in [0.15, 0.2) is 0 Å². The van der Waals surface area contributed by atoms with Crippen molar-refractivity contribution in [2.75, 3.05) is 24.6 Å². The van der Waals surface area contributed by atoms with Crippen molar-refractivity contribution in [1.29, 1.82) is 0 Å². The van der Waals surface area contributed by atoms with Gasteiger partial charge in [0, 0.05) is 44.0 Å². The molecule has 0 aliphatic carbocycles. The van der Waals surface area contributed by atoms with Gasteiger partial charge >= 0.3 is 0 Å². The quantitative estimate of drug-likeness (QED) is 0.591. The molecule has 1 aromatic carbocycles. The minimum absolute atomic E-state index is 0.223. The van der Waals surface area contributed by atoms with Crippen LogP contribution in [0.25, 0.3) is 0 Å². The number of rotatable bonds is 1. The molecule has 1 amide bonds. The fraction of sp³-hybridized carbons (Fsp3) is 0.381.